The van der Waals surface area contributed by atoms with Crippen LogP contribution in [0.4, 0.5) is 0 Å². The minimum Gasteiger partial charge on any atom is -0.385 e. The molecule has 0 bridgehead atoms. The topological polar surface area (TPSA) is 60.2 Å². The van der Waals surface area contributed by atoms with Crippen molar-refractivity contribution in [1.29, 1.82) is 0 Å². The molecule has 0 amide bonds. The van der Waals surface area contributed by atoms with Crippen molar-refractivity contribution in [2.45, 2.75) is 37.8 Å². The fourth-order valence-corrected chi connectivity index (χ4v) is 2.26. The Hall–Kier alpha value is -0.940. The van der Waals surface area contributed by atoms with Crippen molar-refractivity contribution < 1.29 is 9.84 Å². The number of aliphatic hydroxyl groups is 1. The van der Waals surface area contributed by atoms with E-state index < -0.39 is 6.10 Å². The summed E-state index contributed by atoms with van der Waals surface area (Å²) in [7, 11) is 0. The maximum Gasteiger partial charge on any atom is 0.156 e. The molecule has 2 atom stereocenters. The fraction of sp³-hybridized carbons (Fsp3) is 0.800. The summed E-state index contributed by atoms with van der Waals surface area (Å²) in [5.74, 6) is 1.92. The van der Waals surface area contributed by atoms with Crippen LogP contribution in [0.3, 0.4) is 0 Å². The molecule has 1 saturated heterocycles. The lowest BCUT2D eigenvalue weighted by Crippen LogP contribution is -2.16. The third-order valence-corrected chi connectivity index (χ3v) is 3.16. The molecule has 0 aromatic carbocycles. The van der Waals surface area contributed by atoms with E-state index in [-0.39, 0.29) is 0 Å². The summed E-state index contributed by atoms with van der Waals surface area (Å²) in [5.41, 5.74) is 0. The number of hydrogen-bond donors (Lipinski definition) is 1. The van der Waals surface area contributed by atoms with Crippen LogP contribution in [0, 0.1) is 0 Å². The number of ether oxygens (including phenoxy) is 1. The number of fused-ring (bicyclic) bond motifs is 1. The van der Waals surface area contributed by atoms with Gasteiger partial charge in [-0.2, -0.15) is 5.10 Å². The van der Waals surface area contributed by atoms with Gasteiger partial charge in [0.25, 0.3) is 0 Å². The normalized spacial score (nSPS) is 30.5. The van der Waals surface area contributed by atoms with Gasteiger partial charge in [0.1, 0.15) is 6.10 Å². The molecule has 82 valence electrons. The van der Waals surface area contributed by atoms with E-state index in [0.29, 0.717) is 5.92 Å². The number of nitrogens with zero attached hydrogens (tertiary/aromatic N) is 3. The average Bonchev–Trinajstić information content (AvgIpc) is 2.86. The summed E-state index contributed by atoms with van der Waals surface area (Å²) < 4.78 is 7.17. The Morgan fingerprint density at radius 2 is 2.33 bits per heavy atom. The zero-order valence-corrected chi connectivity index (χ0v) is 8.59. The van der Waals surface area contributed by atoms with Crippen molar-refractivity contribution in [2.24, 2.45) is 0 Å². The summed E-state index contributed by atoms with van der Waals surface area (Å²) in [6.45, 7) is 2.41. The maximum atomic E-state index is 9.76. The van der Waals surface area contributed by atoms with Crippen molar-refractivity contribution >= 4 is 0 Å². The molecule has 1 aromatic rings. The Bertz CT molecular complexity index is 358. The Labute approximate surface area is 88.1 Å². The van der Waals surface area contributed by atoms with E-state index in [9.17, 15) is 5.11 Å². The Balaban J connectivity index is 1.90. The quantitative estimate of drug-likeness (QED) is 0.736. The lowest BCUT2D eigenvalue weighted by molar-refractivity contribution is 0.130. The first-order valence-electron chi connectivity index (χ1n) is 5.55. The van der Waals surface area contributed by atoms with Crippen LogP contribution in [-0.2, 0) is 11.3 Å². The third kappa shape index (κ3) is 1.55. The van der Waals surface area contributed by atoms with Gasteiger partial charge in [-0.25, -0.2) is 9.67 Å². The number of aliphatic hydroxyl groups excluding tert-OH is 1. The van der Waals surface area contributed by atoms with Crippen LogP contribution in [0.1, 0.15) is 42.9 Å². The van der Waals surface area contributed by atoms with Gasteiger partial charge in [-0.05, 0) is 19.3 Å². The van der Waals surface area contributed by atoms with Gasteiger partial charge in [-0.15, -0.1) is 0 Å². The highest BCUT2D eigenvalue weighted by atomic mass is 16.5. The number of aryl methyl sites for hydroxylation is 1. The van der Waals surface area contributed by atoms with E-state index >= 15 is 0 Å². The molecule has 3 heterocycles. The summed E-state index contributed by atoms with van der Waals surface area (Å²) in [6.07, 6.45) is 2.36. The SMILES string of the molecule is OC1CCCn2nc(C3CCOC3)nc21. The third-order valence-electron chi connectivity index (χ3n) is 3.16. The predicted molar refractivity (Wildman–Crippen MR) is 52.4 cm³/mol. The van der Waals surface area contributed by atoms with Gasteiger partial charge < -0.3 is 9.84 Å². The van der Waals surface area contributed by atoms with Gasteiger partial charge in [0, 0.05) is 19.1 Å². The summed E-state index contributed by atoms with van der Waals surface area (Å²) in [4.78, 5) is 4.44. The molecule has 3 rings (SSSR count). The molecule has 1 aromatic heterocycles. The molecule has 1 N–H and O–H groups in total. The minimum absolute atomic E-state index is 0.329. The fourth-order valence-electron chi connectivity index (χ4n) is 2.26. The molecule has 0 aliphatic carbocycles. The van der Waals surface area contributed by atoms with Gasteiger partial charge in [0.05, 0.1) is 6.61 Å². The summed E-state index contributed by atoms with van der Waals surface area (Å²) in [5, 5.41) is 14.2. The van der Waals surface area contributed by atoms with Gasteiger partial charge >= 0.3 is 0 Å². The lowest BCUT2D eigenvalue weighted by atomic mass is 10.1. The van der Waals surface area contributed by atoms with Gasteiger partial charge in [0.2, 0.25) is 0 Å². The standard InChI is InChI=1S/C10H15N3O2/c14-8-2-1-4-13-10(8)11-9(12-13)7-3-5-15-6-7/h7-8,14H,1-6H2. The van der Waals surface area contributed by atoms with Crippen LogP contribution in [0.15, 0.2) is 0 Å². The molecule has 0 saturated carbocycles. The molecule has 0 spiro atoms. The maximum absolute atomic E-state index is 9.76. The molecule has 2 unspecified atom stereocenters. The minimum atomic E-state index is -0.428. The van der Waals surface area contributed by atoms with E-state index in [1.807, 2.05) is 4.68 Å². The monoisotopic (exact) mass is 209 g/mol. The Morgan fingerprint density at radius 3 is 3.07 bits per heavy atom. The van der Waals surface area contributed by atoms with E-state index in [0.717, 1.165) is 50.7 Å². The molecular formula is C10H15N3O2. The molecule has 1 fully saturated rings. The first-order chi connectivity index (χ1) is 7.34. The lowest BCUT2D eigenvalue weighted by Gasteiger charge is -2.16. The van der Waals surface area contributed by atoms with Crippen molar-refractivity contribution in [2.75, 3.05) is 13.2 Å². The average molecular weight is 209 g/mol. The van der Waals surface area contributed by atoms with Gasteiger partial charge in [-0.1, -0.05) is 0 Å². The second kappa shape index (κ2) is 3.57. The zero-order chi connectivity index (χ0) is 10.3. The second-order valence-corrected chi connectivity index (χ2v) is 4.27. The highest BCUT2D eigenvalue weighted by Gasteiger charge is 2.27. The first kappa shape index (κ1) is 9.30. The molecule has 2 aliphatic rings. The molecular weight excluding hydrogens is 194 g/mol. The number of rotatable bonds is 1. The van der Waals surface area contributed by atoms with Crippen molar-refractivity contribution in [3.8, 4) is 0 Å². The predicted octanol–water partition coefficient (Wildman–Crippen LogP) is 0.609. The van der Waals surface area contributed by atoms with Crippen LogP contribution < -0.4 is 0 Å². The Morgan fingerprint density at radius 1 is 1.40 bits per heavy atom. The number of aromatic nitrogens is 3. The van der Waals surface area contributed by atoms with Crippen molar-refractivity contribution in [1.82, 2.24) is 14.8 Å². The smallest absolute Gasteiger partial charge is 0.156 e. The van der Waals surface area contributed by atoms with Crippen molar-refractivity contribution in [3.63, 3.8) is 0 Å². The first-order valence-corrected chi connectivity index (χ1v) is 5.55. The summed E-state index contributed by atoms with van der Waals surface area (Å²) >= 11 is 0. The van der Waals surface area contributed by atoms with Gasteiger partial charge in [-0.3, -0.25) is 0 Å². The van der Waals surface area contributed by atoms with Crippen LogP contribution in [0.25, 0.3) is 0 Å². The highest BCUT2D eigenvalue weighted by Crippen LogP contribution is 2.27. The second-order valence-electron chi connectivity index (χ2n) is 4.27. The van der Waals surface area contributed by atoms with Crippen LogP contribution in [0.2, 0.25) is 0 Å². The van der Waals surface area contributed by atoms with Crippen molar-refractivity contribution in [3.05, 3.63) is 11.6 Å². The largest absolute Gasteiger partial charge is 0.385 e. The summed E-state index contributed by atoms with van der Waals surface area (Å²) in [6, 6.07) is 0. The van der Waals surface area contributed by atoms with E-state index in [2.05, 4.69) is 10.1 Å². The van der Waals surface area contributed by atoms with E-state index in [1.54, 1.807) is 0 Å². The van der Waals surface area contributed by atoms with E-state index in [1.165, 1.54) is 0 Å². The Kier molecular flexibility index (Phi) is 2.21. The van der Waals surface area contributed by atoms with Crippen LogP contribution in [-0.4, -0.2) is 33.1 Å². The number of hydrogen-bond acceptors (Lipinski definition) is 4. The highest BCUT2D eigenvalue weighted by molar-refractivity contribution is 5.04. The van der Waals surface area contributed by atoms with Gasteiger partial charge in [0.15, 0.2) is 11.6 Å². The molecule has 15 heavy (non-hydrogen) atoms. The molecule has 5 nitrogen and oxygen atoms in total. The van der Waals surface area contributed by atoms with Crippen LogP contribution in [0.5, 0.6) is 0 Å². The molecule has 0 radical (unpaired) electrons. The molecule has 5 heteroatoms. The van der Waals surface area contributed by atoms with E-state index in [4.69, 9.17) is 4.74 Å². The molecule has 2 aliphatic heterocycles. The van der Waals surface area contributed by atoms with Crippen LogP contribution >= 0.6 is 0 Å². The zero-order valence-electron chi connectivity index (χ0n) is 8.59.